The summed E-state index contributed by atoms with van der Waals surface area (Å²) in [4.78, 5) is 0. The third-order valence-electron chi connectivity index (χ3n) is 2.14. The van der Waals surface area contributed by atoms with Crippen molar-refractivity contribution in [3.63, 3.8) is 0 Å². The molecule has 1 aromatic carbocycles. The van der Waals surface area contributed by atoms with Crippen molar-refractivity contribution in [1.29, 1.82) is 0 Å². The molecule has 0 saturated carbocycles. The topological polar surface area (TPSA) is 38.0 Å². The summed E-state index contributed by atoms with van der Waals surface area (Å²) in [6.45, 7) is 0. The van der Waals surface area contributed by atoms with Gasteiger partial charge in [0.15, 0.2) is 0 Å². The average Bonchev–Trinajstić information content (AvgIpc) is 2.07. The first-order chi connectivity index (χ1) is 5.77. The first-order valence-corrected chi connectivity index (χ1v) is 4.45. The molecule has 0 saturated heterocycles. The number of rotatable bonds is 0. The SMILES string of the molecule is NC1Cc2ccccc2NC1Cl. The molecule has 0 spiro atoms. The Hall–Kier alpha value is -0.730. The minimum atomic E-state index is -0.139. The molecule has 0 fully saturated rings. The Kier molecular flexibility index (Phi) is 1.95. The fourth-order valence-corrected chi connectivity index (χ4v) is 1.66. The van der Waals surface area contributed by atoms with Gasteiger partial charge in [-0.3, -0.25) is 0 Å². The standard InChI is InChI=1S/C9H11ClN2/c10-9-7(11)5-6-3-1-2-4-8(6)12-9/h1-4,7,9,12H,5,11H2. The summed E-state index contributed by atoms with van der Waals surface area (Å²) in [5.41, 5.74) is 8.02. The van der Waals surface area contributed by atoms with E-state index >= 15 is 0 Å². The number of anilines is 1. The zero-order valence-corrected chi connectivity index (χ0v) is 7.38. The molecule has 0 bridgehead atoms. The van der Waals surface area contributed by atoms with Crippen LogP contribution in [-0.4, -0.2) is 11.5 Å². The van der Waals surface area contributed by atoms with Crippen molar-refractivity contribution < 1.29 is 0 Å². The van der Waals surface area contributed by atoms with Gasteiger partial charge in [-0.25, -0.2) is 0 Å². The summed E-state index contributed by atoms with van der Waals surface area (Å²) in [7, 11) is 0. The van der Waals surface area contributed by atoms with Crippen LogP contribution >= 0.6 is 11.6 Å². The van der Waals surface area contributed by atoms with E-state index in [1.165, 1.54) is 5.56 Å². The number of nitrogens with two attached hydrogens (primary N) is 1. The minimum absolute atomic E-state index is 0.0153. The molecular formula is C9H11ClN2. The monoisotopic (exact) mass is 182 g/mol. The molecule has 64 valence electrons. The van der Waals surface area contributed by atoms with Crippen LogP contribution in [0.2, 0.25) is 0 Å². The van der Waals surface area contributed by atoms with Crippen LogP contribution in [0.5, 0.6) is 0 Å². The number of alkyl halides is 1. The molecule has 1 aliphatic rings. The van der Waals surface area contributed by atoms with E-state index in [4.69, 9.17) is 17.3 Å². The Balaban J connectivity index is 2.34. The largest absolute Gasteiger partial charge is 0.368 e. The lowest BCUT2D eigenvalue weighted by molar-refractivity contribution is 0.642. The molecule has 0 aromatic heterocycles. The zero-order chi connectivity index (χ0) is 8.55. The quantitative estimate of drug-likeness (QED) is 0.472. The van der Waals surface area contributed by atoms with E-state index in [0.29, 0.717) is 0 Å². The van der Waals surface area contributed by atoms with Gasteiger partial charge in [-0.1, -0.05) is 29.8 Å². The molecule has 0 amide bonds. The molecule has 1 aliphatic heterocycles. The van der Waals surface area contributed by atoms with E-state index in [-0.39, 0.29) is 11.5 Å². The van der Waals surface area contributed by atoms with Crippen LogP contribution < -0.4 is 11.1 Å². The number of benzene rings is 1. The molecule has 0 radical (unpaired) electrons. The van der Waals surface area contributed by atoms with E-state index < -0.39 is 0 Å². The molecular weight excluding hydrogens is 172 g/mol. The van der Waals surface area contributed by atoms with Crippen molar-refractivity contribution >= 4 is 17.3 Å². The maximum atomic E-state index is 5.96. The highest BCUT2D eigenvalue weighted by molar-refractivity contribution is 6.22. The van der Waals surface area contributed by atoms with Gasteiger partial charge in [-0.2, -0.15) is 0 Å². The zero-order valence-electron chi connectivity index (χ0n) is 6.63. The first kappa shape index (κ1) is 7.90. The van der Waals surface area contributed by atoms with Gasteiger partial charge in [-0.05, 0) is 18.1 Å². The molecule has 1 aromatic rings. The Morgan fingerprint density at radius 1 is 1.42 bits per heavy atom. The van der Waals surface area contributed by atoms with Crippen LogP contribution in [0, 0.1) is 0 Å². The first-order valence-electron chi connectivity index (χ1n) is 4.01. The summed E-state index contributed by atoms with van der Waals surface area (Å²) in [5, 5.41) is 3.15. The van der Waals surface area contributed by atoms with Gasteiger partial charge in [0.2, 0.25) is 0 Å². The molecule has 2 unspecified atom stereocenters. The van der Waals surface area contributed by atoms with Crippen molar-refractivity contribution in [2.75, 3.05) is 5.32 Å². The molecule has 0 aliphatic carbocycles. The van der Waals surface area contributed by atoms with E-state index in [9.17, 15) is 0 Å². The summed E-state index contributed by atoms with van der Waals surface area (Å²) >= 11 is 5.96. The maximum Gasteiger partial charge on any atom is 0.117 e. The Bertz CT molecular complexity index is 259. The lowest BCUT2D eigenvalue weighted by Crippen LogP contribution is -2.41. The van der Waals surface area contributed by atoms with Gasteiger partial charge in [0.05, 0.1) is 0 Å². The summed E-state index contributed by atoms with van der Waals surface area (Å²) in [5.74, 6) is 0. The second kappa shape index (κ2) is 2.96. The molecule has 1 heterocycles. The van der Waals surface area contributed by atoms with Crippen molar-refractivity contribution in [2.24, 2.45) is 5.73 Å². The van der Waals surface area contributed by atoms with Crippen molar-refractivity contribution in [1.82, 2.24) is 0 Å². The van der Waals surface area contributed by atoms with Gasteiger partial charge in [0, 0.05) is 11.7 Å². The normalized spacial score (nSPS) is 27.5. The van der Waals surface area contributed by atoms with Crippen LogP contribution in [0.25, 0.3) is 0 Å². The van der Waals surface area contributed by atoms with Crippen molar-refractivity contribution in [3.8, 4) is 0 Å². The van der Waals surface area contributed by atoms with Crippen LogP contribution in [0.15, 0.2) is 24.3 Å². The second-order valence-electron chi connectivity index (χ2n) is 3.07. The number of halogens is 1. The molecule has 3 heteroatoms. The molecule has 2 atom stereocenters. The van der Waals surface area contributed by atoms with Gasteiger partial charge >= 0.3 is 0 Å². The smallest absolute Gasteiger partial charge is 0.117 e. The molecule has 12 heavy (non-hydrogen) atoms. The fourth-order valence-electron chi connectivity index (χ4n) is 1.45. The van der Waals surface area contributed by atoms with Crippen molar-refractivity contribution in [3.05, 3.63) is 29.8 Å². The van der Waals surface area contributed by atoms with Gasteiger partial charge in [0.25, 0.3) is 0 Å². The number of fused-ring (bicyclic) bond motifs is 1. The van der Waals surface area contributed by atoms with Crippen LogP contribution in [0.3, 0.4) is 0 Å². The average molecular weight is 183 g/mol. The van der Waals surface area contributed by atoms with E-state index in [2.05, 4.69) is 11.4 Å². The predicted molar refractivity (Wildman–Crippen MR) is 51.4 cm³/mol. The lowest BCUT2D eigenvalue weighted by atomic mass is 10.0. The van der Waals surface area contributed by atoms with E-state index in [1.807, 2.05) is 18.2 Å². The molecule has 2 nitrogen and oxygen atoms in total. The predicted octanol–water partition coefficient (Wildman–Crippen LogP) is 1.55. The summed E-state index contributed by atoms with van der Waals surface area (Å²) < 4.78 is 0. The van der Waals surface area contributed by atoms with Crippen molar-refractivity contribution in [2.45, 2.75) is 18.0 Å². The summed E-state index contributed by atoms with van der Waals surface area (Å²) in [6.07, 6.45) is 0.858. The minimum Gasteiger partial charge on any atom is -0.368 e. The third kappa shape index (κ3) is 1.28. The summed E-state index contributed by atoms with van der Waals surface area (Å²) in [6, 6.07) is 8.12. The second-order valence-corrected chi connectivity index (χ2v) is 3.54. The Morgan fingerprint density at radius 3 is 3.00 bits per heavy atom. The van der Waals surface area contributed by atoms with Gasteiger partial charge < -0.3 is 11.1 Å². The highest BCUT2D eigenvalue weighted by Gasteiger charge is 2.22. The van der Waals surface area contributed by atoms with Crippen LogP contribution in [0.4, 0.5) is 5.69 Å². The highest BCUT2D eigenvalue weighted by Crippen LogP contribution is 2.24. The molecule has 3 N–H and O–H groups in total. The van der Waals surface area contributed by atoms with Gasteiger partial charge in [0.1, 0.15) is 5.50 Å². The Labute approximate surface area is 76.7 Å². The number of nitrogens with one attached hydrogen (secondary N) is 1. The third-order valence-corrected chi connectivity index (χ3v) is 2.58. The van der Waals surface area contributed by atoms with E-state index in [1.54, 1.807) is 0 Å². The fraction of sp³-hybridized carbons (Fsp3) is 0.333. The highest BCUT2D eigenvalue weighted by atomic mass is 35.5. The van der Waals surface area contributed by atoms with E-state index in [0.717, 1.165) is 12.1 Å². The number of hydrogen-bond donors (Lipinski definition) is 2. The maximum absolute atomic E-state index is 5.96. The Morgan fingerprint density at radius 2 is 2.17 bits per heavy atom. The van der Waals surface area contributed by atoms with Gasteiger partial charge in [-0.15, -0.1) is 0 Å². The lowest BCUT2D eigenvalue weighted by Gasteiger charge is -2.27. The number of hydrogen-bond acceptors (Lipinski definition) is 2. The molecule has 2 rings (SSSR count). The van der Waals surface area contributed by atoms with Crippen LogP contribution in [0.1, 0.15) is 5.56 Å². The van der Waals surface area contributed by atoms with Crippen LogP contribution in [-0.2, 0) is 6.42 Å². The number of para-hydroxylation sites is 1.